The zero-order valence-corrected chi connectivity index (χ0v) is 11.4. The van der Waals surface area contributed by atoms with E-state index >= 15 is 0 Å². The molecule has 2 saturated carbocycles. The van der Waals surface area contributed by atoms with Crippen LogP contribution in [0.3, 0.4) is 0 Å². The largest absolute Gasteiger partial charge is 0.395 e. The standard InChI is InChI=1S/C14H23N3O2/c18-9-8-17(12-4-2-1-3-5-12)10-13-15-14(19-16-13)11-6-7-11/h11-12,18H,1-10H2. The molecule has 0 aromatic carbocycles. The summed E-state index contributed by atoms with van der Waals surface area (Å²) in [6, 6.07) is 0.573. The molecule has 2 aliphatic rings. The van der Waals surface area contributed by atoms with Gasteiger partial charge >= 0.3 is 0 Å². The third-order valence-electron chi connectivity index (χ3n) is 4.23. The van der Waals surface area contributed by atoms with E-state index in [0.717, 1.165) is 11.7 Å². The molecule has 1 aromatic heterocycles. The second kappa shape index (κ2) is 6.01. The lowest BCUT2D eigenvalue weighted by Crippen LogP contribution is -2.38. The molecule has 2 aliphatic carbocycles. The molecule has 5 heteroatoms. The van der Waals surface area contributed by atoms with Gasteiger partial charge in [-0.05, 0) is 25.7 Å². The van der Waals surface area contributed by atoms with Gasteiger partial charge in [-0.25, -0.2) is 0 Å². The number of hydrogen-bond donors (Lipinski definition) is 1. The summed E-state index contributed by atoms with van der Waals surface area (Å²) < 4.78 is 5.30. The highest BCUT2D eigenvalue weighted by molar-refractivity contribution is 5.01. The van der Waals surface area contributed by atoms with Crippen molar-refractivity contribution in [2.75, 3.05) is 13.2 Å². The minimum Gasteiger partial charge on any atom is -0.395 e. The predicted octanol–water partition coefficient (Wildman–Crippen LogP) is 2.07. The molecular weight excluding hydrogens is 242 g/mol. The van der Waals surface area contributed by atoms with E-state index in [0.29, 0.717) is 25.0 Å². The van der Waals surface area contributed by atoms with Gasteiger partial charge < -0.3 is 9.63 Å². The lowest BCUT2D eigenvalue weighted by molar-refractivity contribution is 0.113. The first-order valence-electron chi connectivity index (χ1n) is 7.54. The van der Waals surface area contributed by atoms with Crippen LogP contribution in [-0.2, 0) is 6.54 Å². The third-order valence-corrected chi connectivity index (χ3v) is 4.23. The number of nitrogens with zero attached hydrogens (tertiary/aromatic N) is 3. The van der Waals surface area contributed by atoms with E-state index in [4.69, 9.17) is 4.52 Å². The molecule has 0 unspecified atom stereocenters. The molecule has 0 amide bonds. The number of rotatable bonds is 6. The molecule has 3 rings (SSSR count). The van der Waals surface area contributed by atoms with E-state index < -0.39 is 0 Å². The van der Waals surface area contributed by atoms with Crippen LogP contribution in [0.4, 0.5) is 0 Å². The minimum absolute atomic E-state index is 0.198. The third kappa shape index (κ3) is 3.34. The fraction of sp³-hybridized carbons (Fsp3) is 0.857. The van der Waals surface area contributed by atoms with Gasteiger partial charge in [0, 0.05) is 18.5 Å². The average Bonchev–Trinajstić information content (AvgIpc) is 3.20. The van der Waals surface area contributed by atoms with Crippen LogP contribution in [0.1, 0.15) is 62.6 Å². The molecule has 0 radical (unpaired) electrons. The highest BCUT2D eigenvalue weighted by atomic mass is 16.5. The number of aliphatic hydroxyl groups is 1. The first-order valence-corrected chi connectivity index (χ1v) is 7.54. The van der Waals surface area contributed by atoms with Gasteiger partial charge in [0.2, 0.25) is 5.89 Å². The van der Waals surface area contributed by atoms with Gasteiger partial charge in [-0.2, -0.15) is 4.98 Å². The van der Waals surface area contributed by atoms with Crippen molar-refractivity contribution >= 4 is 0 Å². The van der Waals surface area contributed by atoms with Crippen LogP contribution in [0.5, 0.6) is 0 Å². The Kier molecular flexibility index (Phi) is 4.13. The summed E-state index contributed by atoms with van der Waals surface area (Å²) in [5, 5.41) is 13.3. The Morgan fingerprint density at radius 2 is 1.95 bits per heavy atom. The van der Waals surface area contributed by atoms with Crippen LogP contribution in [0.25, 0.3) is 0 Å². The summed E-state index contributed by atoms with van der Waals surface area (Å²) in [5.41, 5.74) is 0. The van der Waals surface area contributed by atoms with E-state index in [2.05, 4.69) is 15.0 Å². The minimum atomic E-state index is 0.198. The molecule has 19 heavy (non-hydrogen) atoms. The summed E-state index contributed by atoms with van der Waals surface area (Å²) in [5.74, 6) is 2.10. The van der Waals surface area contributed by atoms with Gasteiger partial charge in [-0.1, -0.05) is 24.4 Å². The molecule has 0 saturated heterocycles. The van der Waals surface area contributed by atoms with Crippen molar-refractivity contribution in [3.05, 3.63) is 11.7 Å². The van der Waals surface area contributed by atoms with Crippen molar-refractivity contribution in [3.8, 4) is 0 Å². The van der Waals surface area contributed by atoms with Crippen molar-refractivity contribution in [1.82, 2.24) is 15.0 Å². The summed E-state index contributed by atoms with van der Waals surface area (Å²) >= 11 is 0. The van der Waals surface area contributed by atoms with Crippen molar-refractivity contribution in [2.45, 2.75) is 63.5 Å². The zero-order valence-electron chi connectivity index (χ0n) is 11.4. The maximum Gasteiger partial charge on any atom is 0.229 e. The average molecular weight is 265 g/mol. The fourth-order valence-electron chi connectivity index (χ4n) is 2.97. The van der Waals surface area contributed by atoms with E-state index in [1.165, 1.54) is 44.9 Å². The lowest BCUT2D eigenvalue weighted by atomic mass is 9.94. The van der Waals surface area contributed by atoms with Crippen molar-refractivity contribution in [1.29, 1.82) is 0 Å². The molecular formula is C14H23N3O2. The van der Waals surface area contributed by atoms with Crippen LogP contribution in [0, 0.1) is 0 Å². The molecule has 106 valence electrons. The zero-order chi connectivity index (χ0) is 13.1. The quantitative estimate of drug-likeness (QED) is 0.853. The first kappa shape index (κ1) is 13.1. The van der Waals surface area contributed by atoms with Gasteiger partial charge in [-0.3, -0.25) is 4.90 Å². The number of aliphatic hydroxyl groups excluding tert-OH is 1. The maximum absolute atomic E-state index is 9.24. The summed E-state index contributed by atoms with van der Waals surface area (Å²) in [7, 11) is 0. The molecule has 1 heterocycles. The SMILES string of the molecule is OCCN(Cc1noc(C2CC2)n1)C1CCCCC1. The monoisotopic (exact) mass is 265 g/mol. The lowest BCUT2D eigenvalue weighted by Gasteiger charge is -2.32. The van der Waals surface area contributed by atoms with Crippen LogP contribution >= 0.6 is 0 Å². The highest BCUT2D eigenvalue weighted by Gasteiger charge is 2.30. The van der Waals surface area contributed by atoms with Crippen molar-refractivity contribution < 1.29 is 9.63 Å². The Morgan fingerprint density at radius 1 is 1.16 bits per heavy atom. The van der Waals surface area contributed by atoms with Gasteiger partial charge in [0.1, 0.15) is 0 Å². The molecule has 1 N–H and O–H groups in total. The second-order valence-corrected chi connectivity index (χ2v) is 5.81. The predicted molar refractivity (Wildman–Crippen MR) is 70.6 cm³/mol. The first-order chi connectivity index (χ1) is 9.36. The van der Waals surface area contributed by atoms with Crippen molar-refractivity contribution in [2.24, 2.45) is 0 Å². The molecule has 1 aromatic rings. The van der Waals surface area contributed by atoms with Crippen molar-refractivity contribution in [3.63, 3.8) is 0 Å². The van der Waals surface area contributed by atoms with Crippen LogP contribution in [0.2, 0.25) is 0 Å². The molecule has 0 atom stereocenters. The smallest absolute Gasteiger partial charge is 0.229 e. The Labute approximate surface area is 114 Å². The van der Waals surface area contributed by atoms with Crippen LogP contribution in [0.15, 0.2) is 4.52 Å². The molecule has 5 nitrogen and oxygen atoms in total. The Bertz CT molecular complexity index is 397. The molecule has 2 fully saturated rings. The summed E-state index contributed by atoms with van der Waals surface area (Å²) in [4.78, 5) is 6.81. The molecule has 0 aliphatic heterocycles. The van der Waals surface area contributed by atoms with E-state index in [1.54, 1.807) is 0 Å². The van der Waals surface area contributed by atoms with Gasteiger partial charge in [0.15, 0.2) is 5.82 Å². The Hall–Kier alpha value is -0.940. The summed E-state index contributed by atoms with van der Waals surface area (Å²) in [6.45, 7) is 1.61. The Morgan fingerprint density at radius 3 is 2.63 bits per heavy atom. The highest BCUT2D eigenvalue weighted by Crippen LogP contribution is 2.38. The van der Waals surface area contributed by atoms with Crippen LogP contribution in [-0.4, -0.2) is 39.3 Å². The number of hydrogen-bond acceptors (Lipinski definition) is 5. The Balaban J connectivity index is 1.61. The van der Waals surface area contributed by atoms with Crippen LogP contribution < -0.4 is 0 Å². The topological polar surface area (TPSA) is 62.4 Å². The maximum atomic E-state index is 9.24. The van der Waals surface area contributed by atoms with Gasteiger partial charge in [0.05, 0.1) is 13.2 Å². The molecule has 0 bridgehead atoms. The van der Waals surface area contributed by atoms with Gasteiger partial charge in [0.25, 0.3) is 0 Å². The van der Waals surface area contributed by atoms with E-state index in [9.17, 15) is 5.11 Å². The van der Waals surface area contributed by atoms with E-state index in [-0.39, 0.29) is 6.61 Å². The summed E-state index contributed by atoms with van der Waals surface area (Å²) in [6.07, 6.45) is 8.77. The van der Waals surface area contributed by atoms with Gasteiger partial charge in [-0.15, -0.1) is 0 Å². The normalized spacial score (nSPS) is 21.2. The second-order valence-electron chi connectivity index (χ2n) is 5.81. The number of aromatic nitrogens is 2. The fourth-order valence-corrected chi connectivity index (χ4v) is 2.97. The van der Waals surface area contributed by atoms with E-state index in [1.807, 2.05) is 0 Å². The molecule has 0 spiro atoms.